The van der Waals surface area contributed by atoms with E-state index >= 15 is 0 Å². The lowest BCUT2D eigenvalue weighted by atomic mass is 10.5. The van der Waals surface area contributed by atoms with Crippen LogP contribution in [0.5, 0.6) is 0 Å². The third-order valence-electron chi connectivity index (χ3n) is 1.84. The zero-order chi connectivity index (χ0) is 12.7. The van der Waals surface area contributed by atoms with Crippen molar-refractivity contribution < 1.29 is 18.3 Å². The number of carbonyl (C=O) groups excluding carboxylic acids is 1. The van der Waals surface area contributed by atoms with Crippen molar-refractivity contribution in [2.75, 3.05) is 12.4 Å². The summed E-state index contributed by atoms with van der Waals surface area (Å²) in [7, 11) is 0. The summed E-state index contributed by atoms with van der Waals surface area (Å²) in [4.78, 5) is 11.8. The number of carbonyl (C=O) groups is 1. The number of hydrogen-bond acceptors (Lipinski definition) is 5. The zero-order valence-corrected chi connectivity index (χ0v) is 10.9. The first-order chi connectivity index (χ1) is 8.10. The third-order valence-corrected chi connectivity index (χ3v) is 4.50. The monoisotopic (exact) mass is 281 g/mol. The molecule has 0 aliphatic carbocycles. The fourth-order valence-electron chi connectivity index (χ4n) is 1.15. The topological polar surface area (TPSA) is 38.3 Å². The van der Waals surface area contributed by atoms with Crippen molar-refractivity contribution in [2.24, 2.45) is 0 Å². The van der Waals surface area contributed by atoms with E-state index in [1.807, 2.05) is 0 Å². The van der Waals surface area contributed by atoms with Crippen LogP contribution in [0.4, 0.5) is 8.78 Å². The molecule has 1 heterocycles. The molecule has 0 radical (unpaired) electrons. The molecule has 1 rings (SSSR count). The molecule has 0 spiro atoms. The predicted molar refractivity (Wildman–Crippen MR) is 66.6 cm³/mol. The van der Waals surface area contributed by atoms with Crippen molar-refractivity contribution in [3.05, 3.63) is 23.8 Å². The molecule has 1 aliphatic heterocycles. The first-order valence-electron chi connectivity index (χ1n) is 5.03. The second kappa shape index (κ2) is 6.90. The molecule has 0 aromatic carbocycles. The van der Waals surface area contributed by atoms with Gasteiger partial charge in [0, 0.05) is 12.0 Å². The Bertz CT molecular complexity index is 322. The largest absolute Gasteiger partial charge is 0.463 e. The van der Waals surface area contributed by atoms with Gasteiger partial charge in [0.1, 0.15) is 0 Å². The molecule has 0 aromatic heterocycles. The van der Waals surface area contributed by atoms with Crippen molar-refractivity contribution in [3.8, 4) is 0 Å². The molecule has 1 unspecified atom stereocenters. The molecule has 96 valence electrons. The number of allylic oxidation sites excluding steroid dienone is 1. The van der Waals surface area contributed by atoms with E-state index in [0.29, 0.717) is 12.4 Å². The predicted octanol–water partition coefficient (Wildman–Crippen LogP) is 2.91. The summed E-state index contributed by atoms with van der Waals surface area (Å²) in [6, 6.07) is 0. The van der Waals surface area contributed by atoms with Crippen LogP contribution in [-0.4, -0.2) is 22.5 Å². The average molecular weight is 281 g/mol. The average Bonchev–Trinajstić information content (AvgIpc) is 2.74. The Hall–Kier alpha value is -0.690. The van der Waals surface area contributed by atoms with Gasteiger partial charge in [0.05, 0.1) is 6.61 Å². The van der Waals surface area contributed by atoms with Gasteiger partial charge in [-0.2, -0.15) is 8.78 Å². The molecule has 3 nitrogen and oxygen atoms in total. The Morgan fingerprint density at radius 1 is 1.65 bits per heavy atom. The summed E-state index contributed by atoms with van der Waals surface area (Å²) in [5.74, 6) is 0.0300. The van der Waals surface area contributed by atoms with Gasteiger partial charge in [-0.25, -0.2) is 4.79 Å². The minimum atomic E-state index is -1.69. The maximum absolute atomic E-state index is 11.8. The van der Waals surface area contributed by atoms with Crippen LogP contribution in [0.25, 0.3) is 0 Å². The Labute approximate surface area is 107 Å². The molecule has 0 aromatic rings. The van der Waals surface area contributed by atoms with E-state index in [1.54, 1.807) is 18.5 Å². The number of ether oxygens (including phenoxy) is 1. The van der Waals surface area contributed by atoms with Gasteiger partial charge < -0.3 is 10.1 Å². The summed E-state index contributed by atoms with van der Waals surface area (Å²) in [6.07, 6.45) is 1.02. The maximum atomic E-state index is 11.8. The van der Waals surface area contributed by atoms with Crippen molar-refractivity contribution in [2.45, 2.75) is 17.5 Å². The number of esters is 1. The van der Waals surface area contributed by atoms with Crippen LogP contribution >= 0.6 is 23.5 Å². The van der Waals surface area contributed by atoms with E-state index in [2.05, 4.69) is 5.32 Å². The molecule has 1 aliphatic rings. The summed E-state index contributed by atoms with van der Waals surface area (Å²) in [6.45, 7) is 2.02. The highest BCUT2D eigenvalue weighted by molar-refractivity contribution is 8.20. The van der Waals surface area contributed by atoms with Crippen LogP contribution in [0.15, 0.2) is 23.8 Å². The second-order valence-corrected chi connectivity index (χ2v) is 5.72. The van der Waals surface area contributed by atoms with Gasteiger partial charge in [-0.05, 0) is 24.8 Å². The molecule has 0 saturated heterocycles. The summed E-state index contributed by atoms with van der Waals surface area (Å²) in [5.41, 5.74) is 0. The fourth-order valence-corrected chi connectivity index (χ4v) is 3.31. The van der Waals surface area contributed by atoms with E-state index in [1.165, 1.54) is 23.5 Å². The van der Waals surface area contributed by atoms with Gasteiger partial charge in [-0.15, -0.1) is 11.8 Å². The lowest BCUT2D eigenvalue weighted by Crippen LogP contribution is -2.42. The Kier molecular flexibility index (Phi) is 5.84. The summed E-state index contributed by atoms with van der Waals surface area (Å²) in [5, 5.41) is 4.65. The fraction of sp³-hybridized carbons (Fsp3) is 0.500. The molecule has 17 heavy (non-hydrogen) atoms. The van der Waals surface area contributed by atoms with Crippen molar-refractivity contribution in [1.82, 2.24) is 5.32 Å². The summed E-state index contributed by atoms with van der Waals surface area (Å²) < 4.78 is 27.7. The van der Waals surface area contributed by atoms with Crippen LogP contribution in [0.2, 0.25) is 0 Å². The smallest absolute Gasteiger partial charge is 0.353 e. The van der Waals surface area contributed by atoms with Gasteiger partial charge >= 0.3 is 5.97 Å². The quantitative estimate of drug-likeness (QED) is 0.598. The molecule has 7 heteroatoms. The number of halogens is 2. The lowest BCUT2D eigenvalue weighted by molar-refractivity contribution is -0.143. The maximum Gasteiger partial charge on any atom is 0.353 e. The molecule has 1 N–H and O–H groups in total. The minimum Gasteiger partial charge on any atom is -0.463 e. The van der Waals surface area contributed by atoms with Gasteiger partial charge in [0.2, 0.25) is 4.20 Å². The molecular weight excluding hydrogens is 268 g/mol. The van der Waals surface area contributed by atoms with Crippen molar-refractivity contribution in [3.63, 3.8) is 0 Å². The standard InChI is InChI=1S/C10H13F2NO2S2/c1-2-15-9(14)10(13-5-7-17-10)16-6-3-4-8(11)12/h4-5,7,13H,2-3,6H2,1H3. The Balaban J connectivity index is 2.49. The highest BCUT2D eigenvalue weighted by atomic mass is 32.2. The van der Waals surface area contributed by atoms with Gasteiger partial charge in [0.15, 0.2) is 0 Å². The number of hydrogen-bond donors (Lipinski definition) is 1. The SMILES string of the molecule is CCOC(=O)C1(SCCC=C(F)F)NC=CS1. The normalized spacial score (nSPS) is 22.1. The van der Waals surface area contributed by atoms with Crippen LogP contribution in [0, 0.1) is 0 Å². The first-order valence-corrected chi connectivity index (χ1v) is 6.90. The van der Waals surface area contributed by atoms with E-state index in [9.17, 15) is 13.6 Å². The van der Waals surface area contributed by atoms with Crippen LogP contribution in [-0.2, 0) is 9.53 Å². The highest BCUT2D eigenvalue weighted by Crippen LogP contribution is 2.40. The van der Waals surface area contributed by atoms with E-state index in [-0.39, 0.29) is 12.4 Å². The van der Waals surface area contributed by atoms with Gasteiger partial charge in [-0.3, -0.25) is 0 Å². The van der Waals surface area contributed by atoms with Crippen LogP contribution in [0.1, 0.15) is 13.3 Å². The second-order valence-electron chi connectivity index (χ2n) is 3.03. The summed E-state index contributed by atoms with van der Waals surface area (Å²) >= 11 is 2.54. The molecule has 0 fully saturated rings. The molecule has 0 bridgehead atoms. The molecule has 0 saturated carbocycles. The zero-order valence-electron chi connectivity index (χ0n) is 9.24. The van der Waals surface area contributed by atoms with E-state index in [4.69, 9.17) is 4.74 Å². The van der Waals surface area contributed by atoms with E-state index < -0.39 is 10.3 Å². The number of rotatable bonds is 6. The Morgan fingerprint density at radius 3 is 2.94 bits per heavy atom. The highest BCUT2D eigenvalue weighted by Gasteiger charge is 2.42. The number of thioether (sulfide) groups is 2. The van der Waals surface area contributed by atoms with E-state index in [0.717, 1.165) is 6.08 Å². The number of nitrogens with one attached hydrogen (secondary N) is 1. The van der Waals surface area contributed by atoms with Gasteiger partial charge in [0.25, 0.3) is 6.08 Å². The van der Waals surface area contributed by atoms with Crippen molar-refractivity contribution >= 4 is 29.5 Å². The third kappa shape index (κ3) is 4.23. The molecule has 1 atom stereocenters. The Morgan fingerprint density at radius 2 is 2.41 bits per heavy atom. The lowest BCUT2D eigenvalue weighted by Gasteiger charge is -2.25. The van der Waals surface area contributed by atoms with Crippen molar-refractivity contribution in [1.29, 1.82) is 0 Å². The molecular formula is C10H13F2NO2S2. The molecule has 0 amide bonds. The van der Waals surface area contributed by atoms with Crippen LogP contribution in [0.3, 0.4) is 0 Å². The van der Waals surface area contributed by atoms with Crippen LogP contribution < -0.4 is 5.32 Å². The van der Waals surface area contributed by atoms with Gasteiger partial charge in [-0.1, -0.05) is 11.8 Å². The minimum absolute atomic E-state index is 0.219. The first kappa shape index (κ1) is 14.4.